The topological polar surface area (TPSA) is 32.3 Å². The van der Waals surface area contributed by atoms with Gasteiger partial charge >= 0.3 is 0 Å². The number of rotatable bonds is 5. The van der Waals surface area contributed by atoms with E-state index in [-0.39, 0.29) is 12.4 Å². The summed E-state index contributed by atoms with van der Waals surface area (Å²) in [5.74, 6) is 0.570. The van der Waals surface area contributed by atoms with Crippen LogP contribution in [0.3, 0.4) is 0 Å². The van der Waals surface area contributed by atoms with Crippen LogP contribution in [0.15, 0.2) is 24.3 Å². The molecule has 0 amide bonds. The van der Waals surface area contributed by atoms with Crippen molar-refractivity contribution in [3.63, 3.8) is 0 Å². The molecular weight excluding hydrogens is 217 g/mol. The zero-order valence-electron chi connectivity index (χ0n) is 10.2. The van der Waals surface area contributed by atoms with Crippen LogP contribution in [0, 0.1) is 11.7 Å². The molecular formula is C14H20FNO. The molecule has 3 heteroatoms. The summed E-state index contributed by atoms with van der Waals surface area (Å²) >= 11 is 0. The average Bonchev–Trinajstić information content (AvgIpc) is 2.28. The van der Waals surface area contributed by atoms with E-state index in [1.807, 2.05) is 19.1 Å². The highest BCUT2D eigenvalue weighted by Gasteiger charge is 2.31. The van der Waals surface area contributed by atoms with E-state index in [0.717, 1.165) is 24.9 Å². The summed E-state index contributed by atoms with van der Waals surface area (Å²) in [4.78, 5) is 0. The molecule has 1 unspecified atom stereocenters. The highest BCUT2D eigenvalue weighted by atomic mass is 19.1. The Kier molecular flexibility index (Phi) is 4.13. The van der Waals surface area contributed by atoms with Crippen molar-refractivity contribution in [2.75, 3.05) is 13.2 Å². The number of benzene rings is 1. The van der Waals surface area contributed by atoms with Crippen molar-refractivity contribution < 1.29 is 9.50 Å². The van der Waals surface area contributed by atoms with Gasteiger partial charge in [0.15, 0.2) is 0 Å². The maximum atomic E-state index is 13.5. The molecule has 0 aliphatic heterocycles. The molecule has 2 N–H and O–H groups in total. The first-order valence-corrected chi connectivity index (χ1v) is 6.29. The van der Waals surface area contributed by atoms with Crippen LogP contribution in [0.4, 0.5) is 4.39 Å². The molecule has 0 heterocycles. The lowest BCUT2D eigenvalue weighted by molar-refractivity contribution is 0.213. The zero-order chi connectivity index (χ0) is 12.3. The van der Waals surface area contributed by atoms with Gasteiger partial charge in [0.1, 0.15) is 5.82 Å². The Labute approximate surface area is 102 Å². The van der Waals surface area contributed by atoms with Crippen molar-refractivity contribution >= 4 is 0 Å². The molecule has 1 fully saturated rings. The van der Waals surface area contributed by atoms with Gasteiger partial charge in [-0.2, -0.15) is 0 Å². The summed E-state index contributed by atoms with van der Waals surface area (Å²) in [6, 6.07) is 7.52. The van der Waals surface area contributed by atoms with E-state index in [1.54, 1.807) is 6.07 Å². The first kappa shape index (κ1) is 12.5. The smallest absolute Gasteiger partial charge is 0.126 e. The first-order chi connectivity index (χ1) is 8.20. The third-order valence-corrected chi connectivity index (χ3v) is 3.55. The normalized spacial score (nSPS) is 25.4. The van der Waals surface area contributed by atoms with Gasteiger partial charge in [0.25, 0.3) is 0 Å². The first-order valence-electron chi connectivity index (χ1n) is 6.29. The van der Waals surface area contributed by atoms with Crippen LogP contribution in [-0.2, 0) is 0 Å². The molecule has 1 aliphatic carbocycles. The molecule has 2 rings (SSSR count). The van der Waals surface area contributed by atoms with Gasteiger partial charge in [0.2, 0.25) is 0 Å². The van der Waals surface area contributed by atoms with Crippen LogP contribution in [0.1, 0.15) is 31.2 Å². The molecule has 2 nitrogen and oxygen atoms in total. The Balaban J connectivity index is 1.77. The van der Waals surface area contributed by atoms with Gasteiger partial charge in [-0.05, 0) is 36.3 Å². The number of aliphatic hydroxyl groups excluding tert-OH is 1. The minimum Gasteiger partial charge on any atom is -0.396 e. The molecule has 1 atom stereocenters. The molecule has 1 aliphatic rings. The average molecular weight is 237 g/mol. The van der Waals surface area contributed by atoms with Crippen molar-refractivity contribution in [3.8, 4) is 0 Å². The fourth-order valence-electron chi connectivity index (χ4n) is 2.28. The summed E-state index contributed by atoms with van der Waals surface area (Å²) < 4.78 is 13.5. The van der Waals surface area contributed by atoms with Gasteiger partial charge in [-0.25, -0.2) is 4.39 Å². The molecule has 94 valence electrons. The highest BCUT2D eigenvalue weighted by molar-refractivity contribution is 5.24. The van der Waals surface area contributed by atoms with Gasteiger partial charge in [0.05, 0.1) is 0 Å². The van der Waals surface area contributed by atoms with Crippen LogP contribution in [0.2, 0.25) is 0 Å². The standard InChI is InChI=1S/C14H20FNO/c1-10(9-17)8-16-12-6-11(7-12)13-4-2-3-5-14(13)15/h2-5,10-12,16-17H,6-9H2,1H3. The molecule has 1 aromatic rings. The Bertz CT molecular complexity index is 363. The summed E-state index contributed by atoms with van der Waals surface area (Å²) in [6.07, 6.45) is 2.00. The van der Waals surface area contributed by atoms with E-state index in [1.165, 1.54) is 6.07 Å². The van der Waals surface area contributed by atoms with Crippen molar-refractivity contribution in [2.45, 2.75) is 31.7 Å². The third-order valence-electron chi connectivity index (χ3n) is 3.55. The highest BCUT2D eigenvalue weighted by Crippen LogP contribution is 2.37. The lowest BCUT2D eigenvalue weighted by Crippen LogP contribution is -2.42. The fourth-order valence-corrected chi connectivity index (χ4v) is 2.28. The van der Waals surface area contributed by atoms with Crippen LogP contribution < -0.4 is 5.32 Å². The second kappa shape index (κ2) is 5.61. The number of hydrogen-bond acceptors (Lipinski definition) is 2. The second-order valence-corrected chi connectivity index (χ2v) is 5.08. The molecule has 17 heavy (non-hydrogen) atoms. The molecule has 0 saturated heterocycles. The van der Waals surface area contributed by atoms with Crippen LogP contribution >= 0.6 is 0 Å². The molecule has 1 aromatic carbocycles. The maximum Gasteiger partial charge on any atom is 0.126 e. The maximum absolute atomic E-state index is 13.5. The summed E-state index contributed by atoms with van der Waals surface area (Å²) in [5.41, 5.74) is 0.848. The quantitative estimate of drug-likeness (QED) is 0.823. The number of hydrogen-bond donors (Lipinski definition) is 2. The largest absolute Gasteiger partial charge is 0.396 e. The fraction of sp³-hybridized carbons (Fsp3) is 0.571. The summed E-state index contributed by atoms with van der Waals surface area (Å²) in [7, 11) is 0. The number of nitrogens with one attached hydrogen (secondary N) is 1. The zero-order valence-corrected chi connectivity index (χ0v) is 10.2. The van der Waals surface area contributed by atoms with E-state index in [4.69, 9.17) is 5.11 Å². The van der Waals surface area contributed by atoms with Crippen molar-refractivity contribution in [3.05, 3.63) is 35.6 Å². The summed E-state index contributed by atoms with van der Waals surface area (Å²) in [6.45, 7) is 3.07. The SMILES string of the molecule is CC(CO)CNC1CC(c2ccccc2F)C1. The van der Waals surface area contributed by atoms with E-state index >= 15 is 0 Å². The van der Waals surface area contributed by atoms with E-state index in [9.17, 15) is 4.39 Å². The second-order valence-electron chi connectivity index (χ2n) is 5.08. The Morgan fingerprint density at radius 2 is 2.12 bits per heavy atom. The number of halogens is 1. The van der Waals surface area contributed by atoms with Crippen LogP contribution in [0.25, 0.3) is 0 Å². The minimum atomic E-state index is -0.0836. The van der Waals surface area contributed by atoms with Crippen molar-refractivity contribution in [1.82, 2.24) is 5.32 Å². The van der Waals surface area contributed by atoms with Gasteiger partial charge in [-0.3, -0.25) is 0 Å². The third kappa shape index (κ3) is 3.05. The predicted molar refractivity (Wildman–Crippen MR) is 66.4 cm³/mol. The molecule has 1 saturated carbocycles. The monoisotopic (exact) mass is 237 g/mol. The van der Waals surface area contributed by atoms with Gasteiger partial charge in [-0.15, -0.1) is 0 Å². The predicted octanol–water partition coefficient (Wildman–Crippen LogP) is 2.29. The Hall–Kier alpha value is -0.930. The van der Waals surface area contributed by atoms with E-state index in [2.05, 4.69) is 5.32 Å². The van der Waals surface area contributed by atoms with Crippen molar-refractivity contribution in [1.29, 1.82) is 0 Å². The lowest BCUT2D eigenvalue weighted by Gasteiger charge is -2.37. The van der Waals surface area contributed by atoms with E-state index < -0.39 is 0 Å². The van der Waals surface area contributed by atoms with Gasteiger partial charge in [-0.1, -0.05) is 25.1 Å². The van der Waals surface area contributed by atoms with Gasteiger partial charge < -0.3 is 10.4 Å². The number of aliphatic hydroxyl groups is 1. The minimum absolute atomic E-state index is 0.0836. The Morgan fingerprint density at radius 3 is 2.76 bits per heavy atom. The molecule has 0 radical (unpaired) electrons. The van der Waals surface area contributed by atoms with Crippen LogP contribution in [0.5, 0.6) is 0 Å². The van der Waals surface area contributed by atoms with E-state index in [0.29, 0.717) is 17.9 Å². The lowest BCUT2D eigenvalue weighted by atomic mass is 9.75. The molecule has 0 bridgehead atoms. The van der Waals surface area contributed by atoms with Crippen LogP contribution in [-0.4, -0.2) is 24.3 Å². The van der Waals surface area contributed by atoms with Crippen molar-refractivity contribution in [2.24, 2.45) is 5.92 Å². The Morgan fingerprint density at radius 1 is 1.41 bits per heavy atom. The van der Waals surface area contributed by atoms with Gasteiger partial charge in [0, 0.05) is 19.2 Å². The molecule has 0 spiro atoms. The molecule has 0 aromatic heterocycles. The summed E-state index contributed by atoms with van der Waals surface area (Å²) in [5, 5.41) is 12.3.